The zero-order valence-corrected chi connectivity index (χ0v) is 9.72. The van der Waals surface area contributed by atoms with Gasteiger partial charge in [-0.15, -0.1) is 11.6 Å². The number of halogens is 2. The Bertz CT molecular complexity index is 322. The van der Waals surface area contributed by atoms with Crippen molar-refractivity contribution in [1.29, 1.82) is 0 Å². The monoisotopic (exact) mass is 228 g/mol. The lowest BCUT2D eigenvalue weighted by molar-refractivity contribution is 0.538. The first kappa shape index (κ1) is 10.3. The summed E-state index contributed by atoms with van der Waals surface area (Å²) < 4.78 is 0. The van der Waals surface area contributed by atoms with Crippen LogP contribution in [0, 0.1) is 5.92 Å². The molecule has 0 amide bonds. The fraction of sp³-hybridized carbons (Fsp3) is 0.500. The second kappa shape index (κ2) is 4.12. The van der Waals surface area contributed by atoms with Gasteiger partial charge in [0.05, 0.1) is 0 Å². The molecule has 76 valence electrons. The van der Waals surface area contributed by atoms with Gasteiger partial charge in [0.1, 0.15) is 0 Å². The molecule has 1 aromatic carbocycles. The van der Waals surface area contributed by atoms with Crippen molar-refractivity contribution in [2.24, 2.45) is 5.92 Å². The summed E-state index contributed by atoms with van der Waals surface area (Å²) in [5.74, 6) is 1.16. The van der Waals surface area contributed by atoms with Crippen molar-refractivity contribution in [1.82, 2.24) is 0 Å². The summed E-state index contributed by atoms with van der Waals surface area (Å²) in [7, 11) is 0. The zero-order valence-electron chi connectivity index (χ0n) is 8.21. The number of hydrogen-bond donors (Lipinski definition) is 0. The van der Waals surface area contributed by atoms with Crippen molar-refractivity contribution in [3.8, 4) is 0 Å². The maximum atomic E-state index is 6.21. The number of hydrogen-bond acceptors (Lipinski definition) is 0. The van der Waals surface area contributed by atoms with E-state index in [-0.39, 0.29) is 0 Å². The van der Waals surface area contributed by atoms with Gasteiger partial charge in [-0.2, -0.15) is 0 Å². The molecule has 0 saturated heterocycles. The van der Waals surface area contributed by atoms with Crippen LogP contribution in [0.1, 0.15) is 31.2 Å². The molecule has 2 rings (SSSR count). The first-order valence-electron chi connectivity index (χ1n) is 5.08. The molecule has 0 nitrogen and oxygen atoms in total. The number of benzene rings is 1. The van der Waals surface area contributed by atoms with Gasteiger partial charge in [-0.1, -0.05) is 30.7 Å². The van der Waals surface area contributed by atoms with E-state index in [2.05, 4.69) is 19.1 Å². The van der Waals surface area contributed by atoms with Crippen molar-refractivity contribution in [2.45, 2.75) is 31.1 Å². The molecular formula is C12H14Cl2. The van der Waals surface area contributed by atoms with Crippen LogP contribution in [-0.4, -0.2) is 5.38 Å². The molecule has 0 aromatic heterocycles. The Morgan fingerprint density at radius 3 is 2.64 bits per heavy atom. The lowest BCUT2D eigenvalue weighted by Gasteiger charge is -2.17. The van der Waals surface area contributed by atoms with E-state index in [0.717, 1.165) is 11.4 Å². The zero-order chi connectivity index (χ0) is 10.1. The number of alkyl halides is 1. The van der Waals surface area contributed by atoms with Gasteiger partial charge in [-0.25, -0.2) is 0 Å². The molecule has 0 spiro atoms. The minimum atomic E-state index is 0.332. The predicted octanol–water partition coefficient (Wildman–Crippen LogP) is 4.46. The van der Waals surface area contributed by atoms with Gasteiger partial charge in [-0.05, 0) is 42.4 Å². The maximum Gasteiger partial charge on any atom is 0.0408 e. The molecule has 1 fully saturated rings. The smallest absolute Gasteiger partial charge is 0.0408 e. The van der Waals surface area contributed by atoms with Crippen LogP contribution in [0.4, 0.5) is 0 Å². The predicted molar refractivity (Wildman–Crippen MR) is 62.2 cm³/mol. The van der Waals surface area contributed by atoms with Crippen molar-refractivity contribution >= 4 is 23.2 Å². The molecule has 1 aliphatic carbocycles. The van der Waals surface area contributed by atoms with Gasteiger partial charge < -0.3 is 0 Å². The minimum absolute atomic E-state index is 0.332. The SMILES string of the molecule is CC1C(Cl)CCC1c1cccc(Cl)c1. The summed E-state index contributed by atoms with van der Waals surface area (Å²) in [6, 6.07) is 8.16. The molecule has 3 unspecified atom stereocenters. The summed E-state index contributed by atoms with van der Waals surface area (Å²) in [5.41, 5.74) is 1.34. The molecule has 0 aliphatic heterocycles. The highest BCUT2D eigenvalue weighted by Gasteiger charge is 2.32. The lowest BCUT2D eigenvalue weighted by Crippen LogP contribution is -2.09. The molecular weight excluding hydrogens is 215 g/mol. The standard InChI is InChI=1S/C12H14Cl2/c1-8-11(5-6-12(8)14)9-3-2-4-10(13)7-9/h2-4,7-8,11-12H,5-6H2,1H3. The third kappa shape index (κ3) is 1.92. The van der Waals surface area contributed by atoms with Crippen molar-refractivity contribution < 1.29 is 0 Å². The van der Waals surface area contributed by atoms with E-state index in [1.165, 1.54) is 12.0 Å². The topological polar surface area (TPSA) is 0 Å². The summed E-state index contributed by atoms with van der Waals surface area (Å²) in [5, 5.41) is 1.16. The maximum absolute atomic E-state index is 6.21. The van der Waals surface area contributed by atoms with E-state index in [1.807, 2.05) is 12.1 Å². The van der Waals surface area contributed by atoms with Crippen LogP contribution in [0.5, 0.6) is 0 Å². The van der Waals surface area contributed by atoms with Gasteiger partial charge in [0, 0.05) is 10.4 Å². The summed E-state index contributed by atoms with van der Waals surface area (Å²) >= 11 is 12.2. The van der Waals surface area contributed by atoms with E-state index >= 15 is 0 Å². The fourth-order valence-electron chi connectivity index (χ4n) is 2.32. The van der Waals surface area contributed by atoms with Crippen LogP contribution >= 0.6 is 23.2 Å². The molecule has 1 aromatic rings. The normalized spacial score (nSPS) is 32.1. The van der Waals surface area contributed by atoms with E-state index in [0.29, 0.717) is 17.2 Å². The van der Waals surface area contributed by atoms with Crippen LogP contribution in [0.15, 0.2) is 24.3 Å². The Balaban J connectivity index is 2.23. The van der Waals surface area contributed by atoms with Gasteiger partial charge in [-0.3, -0.25) is 0 Å². The number of rotatable bonds is 1. The van der Waals surface area contributed by atoms with Crippen molar-refractivity contribution in [2.75, 3.05) is 0 Å². The van der Waals surface area contributed by atoms with Crippen LogP contribution < -0.4 is 0 Å². The molecule has 1 saturated carbocycles. The molecule has 0 heterocycles. The Morgan fingerprint density at radius 2 is 2.07 bits per heavy atom. The van der Waals surface area contributed by atoms with Gasteiger partial charge >= 0.3 is 0 Å². The Kier molecular flexibility index (Phi) is 3.04. The van der Waals surface area contributed by atoms with Crippen molar-refractivity contribution in [3.63, 3.8) is 0 Å². The molecule has 14 heavy (non-hydrogen) atoms. The lowest BCUT2D eigenvalue weighted by atomic mass is 9.90. The molecule has 0 radical (unpaired) electrons. The molecule has 0 bridgehead atoms. The molecule has 3 atom stereocenters. The quantitative estimate of drug-likeness (QED) is 0.623. The third-order valence-electron chi connectivity index (χ3n) is 3.24. The Morgan fingerprint density at radius 1 is 1.29 bits per heavy atom. The Labute approximate surface area is 95.2 Å². The van der Waals surface area contributed by atoms with Crippen LogP contribution in [0.25, 0.3) is 0 Å². The van der Waals surface area contributed by atoms with Gasteiger partial charge in [0.2, 0.25) is 0 Å². The molecule has 1 aliphatic rings. The highest BCUT2D eigenvalue weighted by Crippen LogP contribution is 2.42. The second-order valence-electron chi connectivity index (χ2n) is 4.11. The summed E-state index contributed by atoms with van der Waals surface area (Å²) in [6.07, 6.45) is 2.32. The average molecular weight is 229 g/mol. The molecule has 2 heteroatoms. The van der Waals surface area contributed by atoms with E-state index in [4.69, 9.17) is 23.2 Å². The largest absolute Gasteiger partial charge is 0.123 e. The summed E-state index contributed by atoms with van der Waals surface area (Å²) in [6.45, 7) is 2.23. The summed E-state index contributed by atoms with van der Waals surface area (Å²) in [4.78, 5) is 0. The second-order valence-corrected chi connectivity index (χ2v) is 5.11. The van der Waals surface area contributed by atoms with E-state index in [9.17, 15) is 0 Å². The third-order valence-corrected chi connectivity index (χ3v) is 4.09. The molecule has 0 N–H and O–H groups in total. The van der Waals surface area contributed by atoms with Gasteiger partial charge in [0.15, 0.2) is 0 Å². The van der Waals surface area contributed by atoms with Crippen LogP contribution in [-0.2, 0) is 0 Å². The highest BCUT2D eigenvalue weighted by atomic mass is 35.5. The average Bonchev–Trinajstić information content (AvgIpc) is 2.48. The van der Waals surface area contributed by atoms with E-state index in [1.54, 1.807) is 0 Å². The van der Waals surface area contributed by atoms with E-state index < -0.39 is 0 Å². The highest BCUT2D eigenvalue weighted by molar-refractivity contribution is 6.30. The van der Waals surface area contributed by atoms with Crippen molar-refractivity contribution in [3.05, 3.63) is 34.9 Å². The fourth-order valence-corrected chi connectivity index (χ4v) is 2.82. The van der Waals surface area contributed by atoms with Gasteiger partial charge in [0.25, 0.3) is 0 Å². The first-order chi connectivity index (χ1) is 6.68. The Hall–Kier alpha value is -0.200. The van der Waals surface area contributed by atoms with Crippen LogP contribution in [0.2, 0.25) is 5.02 Å². The minimum Gasteiger partial charge on any atom is -0.123 e. The van der Waals surface area contributed by atoms with Crippen LogP contribution in [0.3, 0.4) is 0 Å². The first-order valence-corrected chi connectivity index (χ1v) is 5.89.